The Hall–Kier alpha value is -12.6. The summed E-state index contributed by atoms with van der Waals surface area (Å²) >= 11 is 9.90. The van der Waals surface area contributed by atoms with Gasteiger partial charge in [0.2, 0.25) is 112 Å². The number of rotatable bonds is 58. The van der Waals surface area contributed by atoms with Crippen molar-refractivity contribution in [2.24, 2.45) is 35.1 Å². The Labute approximate surface area is 825 Å². The van der Waals surface area contributed by atoms with Crippen molar-refractivity contribution in [2.45, 2.75) is 237 Å². The molecule has 2 saturated heterocycles. The number of fused-ring (bicyclic) bond motifs is 1. The highest BCUT2D eigenvalue weighted by Gasteiger charge is 2.44. The number of likely N-dealkylation sites (tertiary alicyclic amines) is 2. The summed E-state index contributed by atoms with van der Waals surface area (Å²) in [4.78, 5) is 281. The number of aromatic nitrogens is 1. The van der Waals surface area contributed by atoms with E-state index in [2.05, 4.69) is 126 Å². The van der Waals surface area contributed by atoms with Gasteiger partial charge in [-0.25, -0.2) is 0 Å². The number of carbonyl (C=O) groups is 20. The number of aliphatic carboxylic acids is 1. The van der Waals surface area contributed by atoms with Crippen LogP contribution in [0.3, 0.4) is 0 Å². The maximum atomic E-state index is 14.9. The number of aromatic hydroxyl groups is 1. The van der Waals surface area contributed by atoms with E-state index in [9.17, 15) is 111 Å². The van der Waals surface area contributed by atoms with Crippen molar-refractivity contribution in [3.63, 3.8) is 0 Å². The molecule has 3 heterocycles. The van der Waals surface area contributed by atoms with Crippen LogP contribution < -0.4 is 107 Å². The van der Waals surface area contributed by atoms with Crippen LogP contribution in [0, 0.1) is 29.1 Å². The number of para-hydroxylation sites is 1. The van der Waals surface area contributed by atoms with Crippen LogP contribution in [0.15, 0.2) is 54.7 Å². The third kappa shape index (κ3) is 37.8. The van der Waals surface area contributed by atoms with E-state index >= 15 is 0 Å². The van der Waals surface area contributed by atoms with Gasteiger partial charge >= 0.3 is 5.97 Å². The SMILES string of the molecule is CC[C@H](C)[C@H](NC(=O)[C@@H]1CCCN1C(=O)CNC(=O)[C@H](CCSC)NC(=O)[C@H](CCCNC(=N)N)NC(=O)[C@H](CS)NC(=O)[C@H](C)NC(=O)[C@H](Cc1ccc(O)cc1)NC(=O)[C@@H](NC(=O)CNC(=O)CN)C(C)C)C(=O)N[C@H](C(=O)N[C@@H](Cc1c[nH]c2ccccc12)C(=O)N[C@H](C(=O)N[C@@H](CS)C(=O)N[C@@H](CO)C(=O)N1CCC[C@H]1C(=O)N[C@@H](CC(C)C)C(=O)NCC(=O)NCC(=O)O)C(C)C)[C@@H](C)O. The number of phenols is 1. The van der Waals surface area contributed by atoms with Gasteiger partial charge in [0.1, 0.15) is 103 Å². The number of hydrogen-bond acceptors (Lipinski definition) is 28. The molecule has 19 amide bonds. The third-order valence-corrected chi connectivity index (χ3v) is 24.5. The predicted octanol–water partition coefficient (Wildman–Crippen LogP) is -6.88. The molecule has 17 atom stereocenters. The van der Waals surface area contributed by atoms with E-state index in [1.165, 1.54) is 54.8 Å². The molecular formula is C89H138N24O24S3. The maximum Gasteiger partial charge on any atom is 0.322 e. The molecule has 2 aliphatic rings. The van der Waals surface area contributed by atoms with Gasteiger partial charge in [-0.1, -0.05) is 92.1 Å². The standard InChI is InChI=1S/C89H138N24O24S3/c1-12-47(8)72(86(135)111-73(49(10)115)87(136)104-59(34-51-36-94-54-19-14-13-18-53(51)54)79(128)109-71(46(6)7)85(134)107-62(43-139)81(130)105-60(41-114)88(137)113-30-17-22-64(113)82(131)102-57(32-44(2)3)76(125)97-37-66(118)96-40-69(121)122)110-83(132)63-21-16-29-112(63)68(120)39-98-75(124)56(27-31-140-11)101-77(126)55(20-15-28-93-89(91)92)100-80(129)61(42-138)106-74(123)48(9)99-78(127)58(33-50-23-25-52(116)26-24-50)103-84(133)70(45(4)5)108-67(119)38-95-65(117)35-90/h13-14,18-19,23-26,36,44-49,55-64,70-73,94,114-116,138-139H,12,15-17,20-22,27-35,37-43,90H2,1-11H3,(H,95,117)(H,96,118)(H,97,125)(H,98,124)(H,99,127)(H,100,129)(H,101,126)(H,102,131)(H,103,133)(H,104,136)(H,105,130)(H,106,123)(H,107,134)(H,108,119)(H,109,128)(H,110,132)(H,111,135)(H,121,122)(H4,91,92,93)/t47-,48-,49+,55-,56-,57-,58-,59-,60-,61-,62-,63-,64-,70-,71-,72-,73-/m0/s1. The molecule has 2 aliphatic heterocycles. The molecule has 0 aliphatic carbocycles. The van der Waals surface area contributed by atoms with E-state index in [0.717, 1.165) is 4.90 Å². The van der Waals surface area contributed by atoms with Crippen LogP contribution in [0.5, 0.6) is 5.75 Å². The van der Waals surface area contributed by atoms with Gasteiger partial charge in [0.15, 0.2) is 5.96 Å². The van der Waals surface area contributed by atoms with E-state index in [-0.39, 0.29) is 107 Å². The molecule has 140 heavy (non-hydrogen) atoms. The predicted molar refractivity (Wildman–Crippen MR) is 520 cm³/mol. The number of phenolic OH excluding ortho intramolecular Hbond substituents is 1. The Balaban J connectivity index is 1.27. The zero-order chi connectivity index (χ0) is 104. The number of amides is 19. The number of benzene rings is 2. The summed E-state index contributed by atoms with van der Waals surface area (Å²) in [5.74, 6) is -21.1. The third-order valence-electron chi connectivity index (χ3n) is 23.1. The molecule has 776 valence electrons. The number of hydrogen-bond donors (Lipinski definition) is 28. The number of thioether (sulfide) groups is 1. The van der Waals surface area contributed by atoms with Crippen LogP contribution in [0.25, 0.3) is 10.9 Å². The zero-order valence-corrected chi connectivity index (χ0v) is 82.9. The Kier molecular flexibility index (Phi) is 49.7. The molecule has 0 radical (unpaired) electrons. The lowest BCUT2D eigenvalue weighted by Gasteiger charge is -2.31. The van der Waals surface area contributed by atoms with Gasteiger partial charge in [-0.2, -0.15) is 37.0 Å². The van der Waals surface area contributed by atoms with Crippen LogP contribution >= 0.6 is 37.0 Å². The largest absolute Gasteiger partial charge is 0.508 e. The molecule has 0 bridgehead atoms. The number of carbonyl (C=O) groups excluding carboxylic acids is 19. The molecule has 51 heteroatoms. The van der Waals surface area contributed by atoms with Gasteiger partial charge in [0.25, 0.3) is 0 Å². The van der Waals surface area contributed by atoms with Crippen LogP contribution in [0.4, 0.5) is 0 Å². The molecule has 0 saturated carbocycles. The Bertz CT molecular complexity index is 4820. The maximum absolute atomic E-state index is 14.9. The number of aromatic amines is 1. The first-order chi connectivity index (χ1) is 66.2. The van der Waals surface area contributed by atoms with Crippen molar-refractivity contribution < 1.29 is 116 Å². The topological polar surface area (TPSA) is 737 Å². The van der Waals surface area contributed by atoms with Crippen LogP contribution in [0.1, 0.15) is 138 Å². The number of guanidine groups is 1. The summed E-state index contributed by atoms with van der Waals surface area (Å²) in [6, 6.07) is -9.06. The summed E-state index contributed by atoms with van der Waals surface area (Å²) in [5, 5.41) is 94.4. The molecular weight excluding hydrogens is 1890 g/mol. The van der Waals surface area contributed by atoms with Gasteiger partial charge in [0, 0.05) is 61.1 Å². The molecule has 28 N–H and O–H groups in total. The molecule has 0 spiro atoms. The Morgan fingerprint density at radius 2 is 0.993 bits per heavy atom. The number of nitrogens with zero attached hydrogens (tertiary/aromatic N) is 2. The van der Waals surface area contributed by atoms with E-state index in [4.69, 9.17) is 22.0 Å². The summed E-state index contributed by atoms with van der Waals surface area (Å²) in [5.41, 5.74) is 12.4. The number of carboxylic acids is 1. The van der Waals surface area contributed by atoms with Crippen molar-refractivity contribution in [3.05, 3.63) is 65.9 Å². The minimum atomic E-state index is -1.85. The first-order valence-electron chi connectivity index (χ1n) is 46.2. The molecule has 1 aromatic heterocycles. The number of aliphatic hydroxyl groups is 2. The van der Waals surface area contributed by atoms with Crippen molar-refractivity contribution in [2.75, 3.05) is 82.5 Å². The van der Waals surface area contributed by atoms with Gasteiger partial charge in [-0.15, -0.1) is 0 Å². The van der Waals surface area contributed by atoms with E-state index in [0.29, 0.717) is 28.5 Å². The number of nitrogens with one attached hydrogen (secondary N) is 20. The highest BCUT2D eigenvalue weighted by molar-refractivity contribution is 7.98. The van der Waals surface area contributed by atoms with Crippen molar-refractivity contribution in [1.82, 2.24) is 110 Å². The molecule has 2 aromatic carbocycles. The van der Waals surface area contributed by atoms with E-state index in [1.54, 1.807) is 92.1 Å². The zero-order valence-electron chi connectivity index (χ0n) is 80.3. The average Bonchev–Trinajstić information content (AvgIpc) is 1.64. The lowest BCUT2D eigenvalue weighted by atomic mass is 9.96. The monoisotopic (exact) mass is 2020 g/mol. The molecule has 3 aromatic rings. The van der Waals surface area contributed by atoms with E-state index < -0.39 is 284 Å². The second kappa shape index (κ2) is 59.1. The Morgan fingerprint density at radius 3 is 1.56 bits per heavy atom. The second-order valence-electron chi connectivity index (χ2n) is 35.2. The fourth-order valence-electron chi connectivity index (χ4n) is 15.1. The number of carboxylic acid groups (broad SMARTS) is 1. The first-order valence-corrected chi connectivity index (χ1v) is 48.8. The molecule has 0 unspecified atom stereocenters. The van der Waals surface area contributed by atoms with Crippen molar-refractivity contribution in [1.29, 1.82) is 5.41 Å². The van der Waals surface area contributed by atoms with Crippen LogP contribution in [-0.4, -0.2) is 339 Å². The lowest BCUT2D eigenvalue weighted by molar-refractivity contribution is -0.143. The molecule has 48 nitrogen and oxygen atoms in total. The summed E-state index contributed by atoms with van der Waals surface area (Å²) in [6.07, 6.45) is 2.12. The molecule has 5 rings (SSSR count). The highest BCUT2D eigenvalue weighted by atomic mass is 32.2. The van der Waals surface area contributed by atoms with E-state index in [1.807, 2.05) is 0 Å². The van der Waals surface area contributed by atoms with Gasteiger partial charge in [0.05, 0.1) is 38.9 Å². The van der Waals surface area contributed by atoms with Crippen LogP contribution in [-0.2, 0) is 109 Å². The quantitative estimate of drug-likeness (QED) is 0.0108. The fraction of sp³-hybridized carbons (Fsp3) is 0.607. The summed E-state index contributed by atoms with van der Waals surface area (Å²) in [7, 11) is 0. The first kappa shape index (κ1) is 118. The lowest BCUT2D eigenvalue weighted by Crippen LogP contribution is -2.63. The number of aliphatic hydroxyl groups excluding tert-OH is 2. The highest BCUT2D eigenvalue weighted by Crippen LogP contribution is 2.25. The second-order valence-corrected chi connectivity index (χ2v) is 37.0. The van der Waals surface area contributed by atoms with Crippen molar-refractivity contribution >= 4 is 172 Å². The molecule has 2 fully saturated rings. The normalized spacial score (nSPS) is 16.6. The summed E-state index contributed by atoms with van der Waals surface area (Å²) < 4.78 is 0. The fourth-order valence-corrected chi connectivity index (χ4v) is 16.1. The average molecular weight is 2020 g/mol. The minimum Gasteiger partial charge on any atom is -0.508 e. The number of nitrogens with two attached hydrogens (primary N) is 2. The van der Waals surface area contributed by atoms with Crippen LogP contribution in [0.2, 0.25) is 0 Å². The Morgan fingerprint density at radius 1 is 0.507 bits per heavy atom. The smallest absolute Gasteiger partial charge is 0.322 e. The van der Waals surface area contributed by atoms with Gasteiger partial charge in [-0.05, 0) is 130 Å². The van der Waals surface area contributed by atoms with Gasteiger partial charge < -0.3 is 142 Å². The minimum absolute atomic E-state index is 0.00319. The number of H-pyrrole nitrogens is 1. The summed E-state index contributed by atoms with van der Waals surface area (Å²) in [6.45, 7) is 11.8. The van der Waals surface area contributed by atoms with Gasteiger partial charge in [-0.3, -0.25) is 101 Å². The van der Waals surface area contributed by atoms with Crippen molar-refractivity contribution in [3.8, 4) is 5.75 Å². The number of thiol groups is 2.